The lowest BCUT2D eigenvalue weighted by atomic mass is 10.2. The second kappa shape index (κ2) is 7.10. The van der Waals surface area contributed by atoms with Crippen LogP contribution in [-0.4, -0.2) is 51.4 Å². The van der Waals surface area contributed by atoms with Crippen molar-refractivity contribution < 1.29 is 9.47 Å². The largest absolute Gasteiger partial charge is 0.490 e. The quantitative estimate of drug-likeness (QED) is 0.894. The summed E-state index contributed by atoms with van der Waals surface area (Å²) in [6.07, 6.45) is 0.136. The average molecular weight is 285 g/mol. The second-order valence-electron chi connectivity index (χ2n) is 4.85. The summed E-state index contributed by atoms with van der Waals surface area (Å²) >= 11 is 6.01. The monoisotopic (exact) mass is 284 g/mol. The highest BCUT2D eigenvalue weighted by molar-refractivity contribution is 6.30. The van der Waals surface area contributed by atoms with Crippen LogP contribution >= 0.6 is 11.6 Å². The van der Waals surface area contributed by atoms with E-state index in [1.165, 1.54) is 0 Å². The number of hydrogen-bond donors (Lipinski definition) is 1. The molecule has 19 heavy (non-hydrogen) atoms. The molecule has 1 aliphatic heterocycles. The average Bonchev–Trinajstić information content (AvgIpc) is 2.38. The molecular formula is C14H21ClN2O2. The fourth-order valence-electron chi connectivity index (χ4n) is 2.17. The SMILES string of the molecule is CNCc1cc(Cl)ccc1OCC1CN(C)CCO1. The van der Waals surface area contributed by atoms with Crippen LogP contribution in [0.15, 0.2) is 18.2 Å². The number of nitrogens with one attached hydrogen (secondary N) is 1. The van der Waals surface area contributed by atoms with Crippen LogP contribution in [0.5, 0.6) is 5.75 Å². The van der Waals surface area contributed by atoms with Gasteiger partial charge in [0.25, 0.3) is 0 Å². The summed E-state index contributed by atoms with van der Waals surface area (Å²) in [7, 11) is 4.01. The molecule has 0 aliphatic carbocycles. The number of likely N-dealkylation sites (N-methyl/N-ethyl adjacent to an activating group) is 1. The summed E-state index contributed by atoms with van der Waals surface area (Å²) in [6.45, 7) is 3.98. The molecule has 5 heteroatoms. The van der Waals surface area contributed by atoms with Crippen LogP contribution in [0.4, 0.5) is 0 Å². The molecule has 0 spiro atoms. The highest BCUT2D eigenvalue weighted by Crippen LogP contribution is 2.23. The molecule has 0 radical (unpaired) electrons. The molecule has 0 aromatic heterocycles. The van der Waals surface area contributed by atoms with Crippen LogP contribution in [0, 0.1) is 0 Å². The number of nitrogens with zero attached hydrogens (tertiary/aromatic N) is 1. The van der Waals surface area contributed by atoms with Crippen molar-refractivity contribution in [1.29, 1.82) is 0 Å². The fourth-order valence-corrected chi connectivity index (χ4v) is 2.36. The third-order valence-corrected chi connectivity index (χ3v) is 3.39. The Morgan fingerprint density at radius 3 is 3.11 bits per heavy atom. The van der Waals surface area contributed by atoms with Gasteiger partial charge < -0.3 is 19.7 Å². The van der Waals surface area contributed by atoms with Gasteiger partial charge in [0.05, 0.1) is 6.61 Å². The van der Waals surface area contributed by atoms with E-state index in [1.54, 1.807) is 0 Å². The van der Waals surface area contributed by atoms with Gasteiger partial charge in [0, 0.05) is 30.2 Å². The van der Waals surface area contributed by atoms with E-state index in [0.29, 0.717) is 6.61 Å². The predicted octanol–water partition coefficient (Wildman–Crippen LogP) is 1.77. The molecule has 0 bridgehead atoms. The molecule has 4 nitrogen and oxygen atoms in total. The highest BCUT2D eigenvalue weighted by Gasteiger charge is 2.18. The lowest BCUT2D eigenvalue weighted by Gasteiger charge is -2.30. The summed E-state index contributed by atoms with van der Waals surface area (Å²) in [5.41, 5.74) is 1.07. The molecule has 2 rings (SSSR count). The van der Waals surface area contributed by atoms with Crippen molar-refractivity contribution in [2.75, 3.05) is 40.4 Å². The predicted molar refractivity (Wildman–Crippen MR) is 76.9 cm³/mol. The zero-order valence-corrected chi connectivity index (χ0v) is 12.2. The van der Waals surface area contributed by atoms with Crippen LogP contribution in [0.3, 0.4) is 0 Å². The third kappa shape index (κ3) is 4.35. The molecule has 1 saturated heterocycles. The molecule has 1 unspecified atom stereocenters. The Morgan fingerprint density at radius 1 is 1.53 bits per heavy atom. The minimum absolute atomic E-state index is 0.136. The van der Waals surface area contributed by atoms with Gasteiger partial charge in [-0.2, -0.15) is 0 Å². The van der Waals surface area contributed by atoms with Gasteiger partial charge in [-0.25, -0.2) is 0 Å². The first kappa shape index (κ1) is 14.6. The van der Waals surface area contributed by atoms with Crippen molar-refractivity contribution in [2.24, 2.45) is 0 Å². The minimum atomic E-state index is 0.136. The van der Waals surface area contributed by atoms with Crippen molar-refractivity contribution >= 4 is 11.6 Å². The molecule has 106 valence electrons. The highest BCUT2D eigenvalue weighted by atomic mass is 35.5. The van der Waals surface area contributed by atoms with Gasteiger partial charge >= 0.3 is 0 Å². The van der Waals surface area contributed by atoms with Crippen molar-refractivity contribution in [3.05, 3.63) is 28.8 Å². The Labute approximate surface area is 119 Å². The first-order valence-electron chi connectivity index (χ1n) is 6.55. The maximum atomic E-state index is 6.01. The van der Waals surface area contributed by atoms with E-state index in [0.717, 1.165) is 42.6 Å². The number of hydrogen-bond acceptors (Lipinski definition) is 4. The maximum absolute atomic E-state index is 6.01. The van der Waals surface area contributed by atoms with Gasteiger partial charge in [-0.1, -0.05) is 11.6 Å². The van der Waals surface area contributed by atoms with E-state index in [9.17, 15) is 0 Å². The van der Waals surface area contributed by atoms with Crippen molar-refractivity contribution in [2.45, 2.75) is 12.6 Å². The minimum Gasteiger partial charge on any atom is -0.490 e. The topological polar surface area (TPSA) is 33.7 Å². The molecule has 1 aliphatic rings. The first-order chi connectivity index (χ1) is 9.19. The van der Waals surface area contributed by atoms with Gasteiger partial charge in [0.15, 0.2) is 0 Å². The van der Waals surface area contributed by atoms with Crippen LogP contribution in [0.25, 0.3) is 0 Å². The Bertz CT molecular complexity index is 414. The Balaban J connectivity index is 1.94. The standard InChI is InChI=1S/C14H21ClN2O2/c1-16-8-11-7-12(15)3-4-14(11)19-10-13-9-17(2)5-6-18-13/h3-4,7,13,16H,5-6,8-10H2,1-2H3. The van der Waals surface area contributed by atoms with Crippen LogP contribution in [0.1, 0.15) is 5.56 Å². The van der Waals surface area contributed by atoms with Crippen molar-refractivity contribution in [1.82, 2.24) is 10.2 Å². The van der Waals surface area contributed by atoms with Crippen LogP contribution in [0.2, 0.25) is 5.02 Å². The number of ether oxygens (including phenoxy) is 2. The summed E-state index contributed by atoms with van der Waals surface area (Å²) in [6, 6.07) is 5.70. The smallest absolute Gasteiger partial charge is 0.124 e. The fraction of sp³-hybridized carbons (Fsp3) is 0.571. The zero-order chi connectivity index (χ0) is 13.7. The molecule has 1 aromatic carbocycles. The number of morpholine rings is 1. The van der Waals surface area contributed by atoms with E-state index < -0.39 is 0 Å². The van der Waals surface area contributed by atoms with E-state index in [2.05, 4.69) is 17.3 Å². The Hall–Kier alpha value is -0.810. The van der Waals surface area contributed by atoms with Crippen LogP contribution < -0.4 is 10.1 Å². The lowest BCUT2D eigenvalue weighted by Crippen LogP contribution is -2.42. The van der Waals surface area contributed by atoms with Crippen molar-refractivity contribution in [3.63, 3.8) is 0 Å². The Morgan fingerprint density at radius 2 is 2.37 bits per heavy atom. The summed E-state index contributed by atoms with van der Waals surface area (Å²) in [4.78, 5) is 2.26. The van der Waals surface area contributed by atoms with Crippen LogP contribution in [-0.2, 0) is 11.3 Å². The van der Waals surface area contributed by atoms with Crippen molar-refractivity contribution in [3.8, 4) is 5.75 Å². The molecule has 0 saturated carbocycles. The number of rotatable bonds is 5. The maximum Gasteiger partial charge on any atom is 0.124 e. The van der Waals surface area contributed by atoms with Gasteiger partial charge in [-0.05, 0) is 32.3 Å². The summed E-state index contributed by atoms with van der Waals surface area (Å²) in [5, 5.41) is 3.85. The van der Waals surface area contributed by atoms with Gasteiger partial charge in [-0.15, -0.1) is 0 Å². The molecule has 1 heterocycles. The summed E-state index contributed by atoms with van der Waals surface area (Å²) < 4.78 is 11.6. The molecule has 1 N–H and O–H groups in total. The van der Waals surface area contributed by atoms with E-state index in [-0.39, 0.29) is 6.10 Å². The molecular weight excluding hydrogens is 264 g/mol. The molecule has 0 amide bonds. The zero-order valence-electron chi connectivity index (χ0n) is 11.5. The molecule has 1 atom stereocenters. The third-order valence-electron chi connectivity index (χ3n) is 3.16. The normalized spacial score (nSPS) is 20.5. The molecule has 1 aromatic rings. The summed E-state index contributed by atoms with van der Waals surface area (Å²) in [5.74, 6) is 0.871. The van der Waals surface area contributed by atoms with E-state index >= 15 is 0 Å². The number of benzene rings is 1. The number of halogens is 1. The van der Waals surface area contributed by atoms with E-state index in [1.807, 2.05) is 25.2 Å². The Kier molecular flexibility index (Phi) is 5.45. The van der Waals surface area contributed by atoms with Gasteiger partial charge in [0.2, 0.25) is 0 Å². The molecule has 1 fully saturated rings. The van der Waals surface area contributed by atoms with Gasteiger partial charge in [-0.3, -0.25) is 0 Å². The second-order valence-corrected chi connectivity index (χ2v) is 5.28. The van der Waals surface area contributed by atoms with Gasteiger partial charge in [0.1, 0.15) is 18.5 Å². The van der Waals surface area contributed by atoms with E-state index in [4.69, 9.17) is 21.1 Å². The lowest BCUT2D eigenvalue weighted by molar-refractivity contribution is -0.0404. The first-order valence-corrected chi connectivity index (χ1v) is 6.93.